The lowest BCUT2D eigenvalue weighted by atomic mass is 10.1. The summed E-state index contributed by atoms with van der Waals surface area (Å²) in [6, 6.07) is 3.86. The average Bonchev–Trinajstić information content (AvgIpc) is 3.14. The molecule has 3 rings (SSSR count). The molecule has 0 fully saturated rings. The van der Waals surface area contributed by atoms with Gasteiger partial charge in [-0.05, 0) is 46.4 Å². The van der Waals surface area contributed by atoms with Crippen LogP contribution in [0.25, 0.3) is 22.4 Å². The first-order chi connectivity index (χ1) is 12.4. The Balaban J connectivity index is 2.01. The summed E-state index contributed by atoms with van der Waals surface area (Å²) >= 11 is 0. The molecule has 0 aliphatic heterocycles. The lowest BCUT2D eigenvalue weighted by molar-refractivity contribution is 0.0951. The summed E-state index contributed by atoms with van der Waals surface area (Å²) in [5.41, 5.74) is 2.97. The van der Waals surface area contributed by atoms with Gasteiger partial charge in [0.05, 0.1) is 22.3 Å². The van der Waals surface area contributed by atoms with E-state index in [0.717, 1.165) is 23.6 Å². The highest BCUT2D eigenvalue weighted by Crippen LogP contribution is 2.30. The van der Waals surface area contributed by atoms with Crippen molar-refractivity contribution in [1.29, 1.82) is 0 Å². The van der Waals surface area contributed by atoms with Crippen LogP contribution < -0.4 is 10.6 Å². The molecule has 0 radical (unpaired) electrons. The van der Waals surface area contributed by atoms with Crippen LogP contribution in [0.1, 0.15) is 41.4 Å². The van der Waals surface area contributed by atoms with Crippen molar-refractivity contribution in [2.45, 2.75) is 40.7 Å². The predicted molar refractivity (Wildman–Crippen MR) is 99.2 cm³/mol. The fourth-order valence-electron chi connectivity index (χ4n) is 3.06. The summed E-state index contributed by atoms with van der Waals surface area (Å²) < 4.78 is 10.9. The van der Waals surface area contributed by atoms with E-state index in [1.807, 2.05) is 33.8 Å². The van der Waals surface area contributed by atoms with Gasteiger partial charge in [-0.2, -0.15) is 0 Å². The molecule has 3 aromatic heterocycles. The van der Waals surface area contributed by atoms with Gasteiger partial charge in [0.2, 0.25) is 0 Å². The number of carbonyl (C=O) groups is 1. The van der Waals surface area contributed by atoms with Crippen LogP contribution in [-0.4, -0.2) is 35.2 Å². The third-order valence-corrected chi connectivity index (χ3v) is 4.30. The smallest absolute Gasteiger partial charge is 0.259 e. The number of likely N-dealkylation sites (N-methyl/N-ethyl adjacent to an activating group) is 1. The quantitative estimate of drug-likeness (QED) is 0.705. The van der Waals surface area contributed by atoms with E-state index in [1.54, 1.807) is 13.0 Å². The van der Waals surface area contributed by atoms with Gasteiger partial charge in [0.25, 0.3) is 11.6 Å². The Morgan fingerprint density at radius 3 is 2.69 bits per heavy atom. The maximum Gasteiger partial charge on any atom is 0.259 e. The van der Waals surface area contributed by atoms with Crippen molar-refractivity contribution < 1.29 is 13.7 Å². The molecule has 0 aromatic carbocycles. The first kappa shape index (κ1) is 18.1. The Kier molecular flexibility index (Phi) is 5.08. The van der Waals surface area contributed by atoms with Crippen LogP contribution in [0.2, 0.25) is 0 Å². The fourth-order valence-corrected chi connectivity index (χ4v) is 3.06. The number of carbonyl (C=O) groups excluding carboxylic acids is 1. The highest BCUT2D eigenvalue weighted by atomic mass is 16.5. The number of rotatable bonds is 6. The van der Waals surface area contributed by atoms with E-state index in [9.17, 15) is 4.79 Å². The fraction of sp³-hybridized carbons (Fsp3) is 0.421. The molecule has 2 N–H and O–H groups in total. The van der Waals surface area contributed by atoms with Crippen molar-refractivity contribution in [3.8, 4) is 11.3 Å². The lowest BCUT2D eigenvalue weighted by Crippen LogP contribution is -2.38. The molecule has 138 valence electrons. The molecule has 1 amide bonds. The minimum Gasteiger partial charge on any atom is -0.466 e. The van der Waals surface area contributed by atoms with Crippen molar-refractivity contribution >= 4 is 17.0 Å². The van der Waals surface area contributed by atoms with E-state index in [2.05, 4.69) is 20.8 Å². The van der Waals surface area contributed by atoms with Gasteiger partial charge in [0.1, 0.15) is 11.5 Å². The number of hydrogen-bond acceptors (Lipinski definition) is 6. The van der Waals surface area contributed by atoms with Gasteiger partial charge in [-0.3, -0.25) is 4.79 Å². The molecule has 3 heterocycles. The maximum atomic E-state index is 12.8. The van der Waals surface area contributed by atoms with Crippen LogP contribution in [0.5, 0.6) is 0 Å². The minimum atomic E-state index is -0.174. The number of nitrogens with zero attached hydrogens (tertiary/aromatic N) is 2. The van der Waals surface area contributed by atoms with E-state index in [1.165, 1.54) is 0 Å². The molecular formula is C19H24N4O3. The van der Waals surface area contributed by atoms with Crippen molar-refractivity contribution in [1.82, 2.24) is 20.8 Å². The van der Waals surface area contributed by atoms with Gasteiger partial charge < -0.3 is 19.6 Å². The summed E-state index contributed by atoms with van der Waals surface area (Å²) in [6.45, 7) is 11.0. The first-order valence-corrected chi connectivity index (χ1v) is 8.76. The molecule has 26 heavy (non-hydrogen) atoms. The topological polar surface area (TPSA) is 93.2 Å². The molecule has 1 atom stereocenters. The first-order valence-electron chi connectivity index (χ1n) is 8.76. The summed E-state index contributed by atoms with van der Waals surface area (Å²) in [7, 11) is 0. The number of aromatic nitrogens is 2. The van der Waals surface area contributed by atoms with E-state index < -0.39 is 0 Å². The number of hydrogen-bond donors (Lipinski definition) is 2. The Morgan fingerprint density at radius 1 is 1.27 bits per heavy atom. The normalized spacial score (nSPS) is 12.5. The zero-order valence-corrected chi connectivity index (χ0v) is 15.8. The van der Waals surface area contributed by atoms with Crippen LogP contribution in [0.4, 0.5) is 0 Å². The molecule has 0 spiro atoms. The van der Waals surface area contributed by atoms with E-state index in [0.29, 0.717) is 34.6 Å². The van der Waals surface area contributed by atoms with Gasteiger partial charge in [-0.1, -0.05) is 12.1 Å². The second-order valence-corrected chi connectivity index (χ2v) is 6.50. The highest BCUT2D eigenvalue weighted by molar-refractivity contribution is 6.07. The Morgan fingerprint density at radius 2 is 2.04 bits per heavy atom. The maximum absolute atomic E-state index is 12.8. The van der Waals surface area contributed by atoms with Crippen molar-refractivity contribution in [3.63, 3.8) is 0 Å². The van der Waals surface area contributed by atoms with E-state index >= 15 is 0 Å². The van der Waals surface area contributed by atoms with Gasteiger partial charge in [0, 0.05) is 18.2 Å². The number of pyridine rings is 1. The molecule has 0 aliphatic rings. The zero-order valence-electron chi connectivity index (χ0n) is 15.8. The third kappa shape index (κ3) is 3.48. The summed E-state index contributed by atoms with van der Waals surface area (Å²) in [5, 5.41) is 10.9. The Labute approximate surface area is 152 Å². The lowest BCUT2D eigenvalue weighted by Gasteiger charge is -2.13. The number of furan rings is 1. The van der Waals surface area contributed by atoms with Crippen molar-refractivity contribution in [3.05, 3.63) is 34.9 Å². The van der Waals surface area contributed by atoms with Gasteiger partial charge in [-0.15, -0.1) is 0 Å². The van der Waals surface area contributed by atoms with Crippen molar-refractivity contribution in [2.24, 2.45) is 0 Å². The van der Waals surface area contributed by atoms with Crippen LogP contribution in [0.3, 0.4) is 0 Å². The van der Waals surface area contributed by atoms with E-state index in [4.69, 9.17) is 8.94 Å². The van der Waals surface area contributed by atoms with Gasteiger partial charge in [-0.25, -0.2) is 4.98 Å². The second kappa shape index (κ2) is 7.29. The summed E-state index contributed by atoms with van der Waals surface area (Å²) in [4.78, 5) is 17.4. The molecule has 0 aliphatic carbocycles. The summed E-state index contributed by atoms with van der Waals surface area (Å²) in [5.74, 6) is 1.36. The Bertz CT molecular complexity index is 942. The number of amides is 1. The van der Waals surface area contributed by atoms with Crippen LogP contribution in [0.15, 0.2) is 21.1 Å². The molecule has 7 nitrogen and oxygen atoms in total. The molecule has 0 unspecified atom stereocenters. The zero-order chi connectivity index (χ0) is 18.8. The molecule has 0 saturated carbocycles. The largest absolute Gasteiger partial charge is 0.466 e. The SMILES string of the molecule is CCN[C@H](C)CNC(=O)c1cc(-c2cc(C)oc2C)nc2onc(C)c12. The molecule has 0 saturated heterocycles. The van der Waals surface area contributed by atoms with Crippen LogP contribution in [0, 0.1) is 20.8 Å². The highest BCUT2D eigenvalue weighted by Gasteiger charge is 2.21. The second-order valence-electron chi connectivity index (χ2n) is 6.50. The monoisotopic (exact) mass is 356 g/mol. The summed E-state index contributed by atoms with van der Waals surface area (Å²) in [6.07, 6.45) is 0. The third-order valence-electron chi connectivity index (χ3n) is 4.30. The Hall–Kier alpha value is -2.67. The van der Waals surface area contributed by atoms with Gasteiger partial charge in [0.15, 0.2) is 0 Å². The molecule has 7 heteroatoms. The number of nitrogens with one attached hydrogen (secondary N) is 2. The number of aryl methyl sites for hydroxylation is 3. The van der Waals surface area contributed by atoms with Crippen LogP contribution >= 0.6 is 0 Å². The predicted octanol–water partition coefficient (Wildman–Crippen LogP) is 3.14. The van der Waals surface area contributed by atoms with E-state index in [-0.39, 0.29) is 11.9 Å². The number of fused-ring (bicyclic) bond motifs is 1. The molecular weight excluding hydrogens is 332 g/mol. The molecule has 0 bridgehead atoms. The molecule has 3 aromatic rings. The minimum absolute atomic E-state index is 0.174. The average molecular weight is 356 g/mol. The standard InChI is InChI=1S/C19H24N4O3/c1-6-20-10(2)9-21-18(24)15-8-16(14-7-11(3)25-13(14)5)22-19-17(15)12(4)23-26-19/h7-8,10,20H,6,9H2,1-5H3,(H,21,24)/t10-/m1/s1. The van der Waals surface area contributed by atoms with Crippen LogP contribution in [-0.2, 0) is 0 Å². The van der Waals surface area contributed by atoms with Crippen molar-refractivity contribution in [2.75, 3.05) is 13.1 Å². The van der Waals surface area contributed by atoms with Gasteiger partial charge >= 0.3 is 0 Å².